The molecule has 0 aromatic heterocycles. The van der Waals surface area contributed by atoms with Crippen molar-refractivity contribution in [3.63, 3.8) is 0 Å². The third kappa shape index (κ3) is 2.53. The third-order valence-corrected chi connectivity index (χ3v) is 3.66. The summed E-state index contributed by atoms with van der Waals surface area (Å²) in [6.07, 6.45) is 1.73. The maximum atomic E-state index is 13.8. The van der Waals surface area contributed by atoms with Crippen LogP contribution in [0.5, 0.6) is 5.75 Å². The van der Waals surface area contributed by atoms with Gasteiger partial charge in [0.15, 0.2) is 5.78 Å². The van der Waals surface area contributed by atoms with Crippen molar-refractivity contribution in [2.75, 3.05) is 6.61 Å². The lowest BCUT2D eigenvalue weighted by Gasteiger charge is -2.17. The summed E-state index contributed by atoms with van der Waals surface area (Å²) in [6.45, 7) is 2.18. The number of ketones is 1. The second kappa shape index (κ2) is 5.28. The molecule has 4 heteroatoms. The number of rotatable bonds is 2. The zero-order chi connectivity index (χ0) is 15.0. The van der Waals surface area contributed by atoms with Gasteiger partial charge in [0.05, 0.1) is 12.2 Å². The molecule has 0 unspecified atom stereocenters. The van der Waals surface area contributed by atoms with E-state index in [1.807, 2.05) is 0 Å². The molecule has 2 aromatic rings. The number of fused-ring (bicyclic) bond motifs is 1. The van der Waals surface area contributed by atoms with Gasteiger partial charge in [-0.2, -0.15) is 0 Å². The van der Waals surface area contributed by atoms with E-state index < -0.39 is 17.4 Å². The number of aryl methyl sites for hydroxylation is 2. The highest BCUT2D eigenvalue weighted by Crippen LogP contribution is 2.27. The lowest BCUT2D eigenvalue weighted by Crippen LogP contribution is -2.11. The third-order valence-electron chi connectivity index (χ3n) is 3.66. The van der Waals surface area contributed by atoms with Gasteiger partial charge in [-0.3, -0.25) is 4.79 Å². The first-order valence-corrected chi connectivity index (χ1v) is 6.82. The summed E-state index contributed by atoms with van der Waals surface area (Å²) in [5, 5.41) is 0. The molecule has 1 aliphatic heterocycles. The largest absolute Gasteiger partial charge is 0.493 e. The van der Waals surface area contributed by atoms with Gasteiger partial charge in [-0.1, -0.05) is 0 Å². The molecule has 0 amide bonds. The van der Waals surface area contributed by atoms with Gasteiger partial charge in [-0.05, 0) is 55.2 Å². The fourth-order valence-electron chi connectivity index (χ4n) is 2.49. The second-order valence-corrected chi connectivity index (χ2v) is 5.18. The molecule has 0 bridgehead atoms. The van der Waals surface area contributed by atoms with Gasteiger partial charge < -0.3 is 4.74 Å². The molecular weight excluding hydrogens is 274 g/mol. The van der Waals surface area contributed by atoms with Crippen LogP contribution < -0.4 is 4.74 Å². The van der Waals surface area contributed by atoms with E-state index in [2.05, 4.69) is 0 Å². The zero-order valence-electron chi connectivity index (χ0n) is 11.6. The molecule has 0 spiro atoms. The Morgan fingerprint density at radius 3 is 2.76 bits per heavy atom. The topological polar surface area (TPSA) is 26.3 Å². The summed E-state index contributed by atoms with van der Waals surface area (Å²) in [4.78, 5) is 12.4. The van der Waals surface area contributed by atoms with Gasteiger partial charge in [0.2, 0.25) is 0 Å². The summed E-state index contributed by atoms with van der Waals surface area (Å²) in [5.74, 6) is -1.16. The molecule has 0 fully saturated rings. The summed E-state index contributed by atoms with van der Waals surface area (Å²) < 4.78 is 32.6. The molecule has 2 nitrogen and oxygen atoms in total. The highest BCUT2D eigenvalue weighted by molar-refractivity contribution is 6.09. The van der Waals surface area contributed by atoms with E-state index in [1.165, 1.54) is 13.0 Å². The van der Waals surface area contributed by atoms with Crippen LogP contribution in [0.2, 0.25) is 0 Å². The van der Waals surface area contributed by atoms with Gasteiger partial charge in [-0.15, -0.1) is 0 Å². The summed E-state index contributed by atoms with van der Waals surface area (Å²) in [7, 11) is 0. The number of carbonyl (C=O) groups excluding carboxylic acids is 1. The van der Waals surface area contributed by atoms with Crippen LogP contribution in [0.15, 0.2) is 30.3 Å². The van der Waals surface area contributed by atoms with E-state index in [1.54, 1.807) is 18.2 Å². The minimum Gasteiger partial charge on any atom is -0.493 e. The Morgan fingerprint density at radius 1 is 1.14 bits per heavy atom. The molecule has 0 N–H and O–H groups in total. The van der Waals surface area contributed by atoms with Crippen molar-refractivity contribution in [3.05, 3.63) is 64.2 Å². The fourth-order valence-corrected chi connectivity index (χ4v) is 2.49. The first-order valence-electron chi connectivity index (χ1n) is 6.82. The molecule has 0 saturated carbocycles. The highest BCUT2D eigenvalue weighted by Gasteiger charge is 2.19. The van der Waals surface area contributed by atoms with E-state index in [4.69, 9.17) is 4.74 Å². The van der Waals surface area contributed by atoms with Crippen molar-refractivity contribution in [1.29, 1.82) is 0 Å². The van der Waals surface area contributed by atoms with E-state index in [0.717, 1.165) is 30.2 Å². The van der Waals surface area contributed by atoms with E-state index >= 15 is 0 Å². The number of ether oxygens (including phenoxy) is 1. The van der Waals surface area contributed by atoms with Crippen molar-refractivity contribution >= 4 is 5.78 Å². The number of hydrogen-bond donors (Lipinski definition) is 0. The molecule has 2 aromatic carbocycles. The Hall–Kier alpha value is -2.23. The molecule has 21 heavy (non-hydrogen) atoms. The summed E-state index contributed by atoms with van der Waals surface area (Å²) in [6, 6.07) is 7.09. The lowest BCUT2D eigenvalue weighted by atomic mass is 9.97. The Kier molecular flexibility index (Phi) is 3.45. The van der Waals surface area contributed by atoms with Crippen molar-refractivity contribution in [3.8, 4) is 5.75 Å². The van der Waals surface area contributed by atoms with Crippen LogP contribution in [-0.2, 0) is 6.42 Å². The minimum atomic E-state index is -0.836. The van der Waals surface area contributed by atoms with Gasteiger partial charge in [-0.25, -0.2) is 8.78 Å². The highest BCUT2D eigenvalue weighted by atomic mass is 19.1. The van der Waals surface area contributed by atoms with Crippen LogP contribution in [0.25, 0.3) is 0 Å². The van der Waals surface area contributed by atoms with Gasteiger partial charge in [0.25, 0.3) is 0 Å². The van der Waals surface area contributed by atoms with E-state index in [9.17, 15) is 13.6 Å². The molecular formula is C17H14F2O2. The smallest absolute Gasteiger partial charge is 0.195 e. The molecule has 0 aliphatic carbocycles. The maximum absolute atomic E-state index is 13.8. The SMILES string of the molecule is Cc1cc(C(=O)c2ccc3c(c2)CCCO3)c(F)cc1F. The van der Waals surface area contributed by atoms with Crippen LogP contribution >= 0.6 is 0 Å². The van der Waals surface area contributed by atoms with Gasteiger partial charge in [0.1, 0.15) is 17.4 Å². The fraction of sp³-hybridized carbons (Fsp3) is 0.235. The van der Waals surface area contributed by atoms with Crippen LogP contribution in [0.4, 0.5) is 8.78 Å². The lowest BCUT2D eigenvalue weighted by molar-refractivity contribution is 0.103. The molecule has 0 saturated heterocycles. The number of halogens is 2. The number of hydrogen-bond acceptors (Lipinski definition) is 2. The standard InChI is InChI=1S/C17H14F2O2/c1-10-7-13(15(19)9-14(10)18)17(20)12-4-5-16-11(8-12)3-2-6-21-16/h4-5,7-9H,2-3,6H2,1H3. The molecule has 1 aliphatic rings. The number of benzene rings is 2. The van der Waals surface area contributed by atoms with Crippen LogP contribution in [0.1, 0.15) is 33.5 Å². The molecule has 1 heterocycles. The average molecular weight is 288 g/mol. The molecule has 3 rings (SSSR count). The van der Waals surface area contributed by atoms with E-state index in [0.29, 0.717) is 12.2 Å². The normalized spacial score (nSPS) is 13.5. The van der Waals surface area contributed by atoms with Crippen LogP contribution in [0, 0.1) is 18.6 Å². The summed E-state index contributed by atoms with van der Waals surface area (Å²) >= 11 is 0. The van der Waals surface area contributed by atoms with Crippen molar-refractivity contribution in [2.24, 2.45) is 0 Å². The molecule has 108 valence electrons. The quantitative estimate of drug-likeness (QED) is 0.785. The predicted octanol–water partition coefficient (Wildman–Crippen LogP) is 3.83. The van der Waals surface area contributed by atoms with Gasteiger partial charge in [0, 0.05) is 11.6 Å². The predicted molar refractivity (Wildman–Crippen MR) is 74.8 cm³/mol. The van der Waals surface area contributed by atoms with Crippen LogP contribution in [0.3, 0.4) is 0 Å². The first kappa shape index (κ1) is 13.7. The Bertz CT molecular complexity index is 723. The van der Waals surface area contributed by atoms with E-state index in [-0.39, 0.29) is 11.1 Å². The second-order valence-electron chi connectivity index (χ2n) is 5.18. The van der Waals surface area contributed by atoms with Crippen LogP contribution in [-0.4, -0.2) is 12.4 Å². The average Bonchev–Trinajstić information content (AvgIpc) is 2.50. The molecule has 0 atom stereocenters. The molecule has 0 radical (unpaired) electrons. The van der Waals surface area contributed by atoms with Gasteiger partial charge >= 0.3 is 0 Å². The Morgan fingerprint density at radius 2 is 1.95 bits per heavy atom. The monoisotopic (exact) mass is 288 g/mol. The Labute approximate surface area is 121 Å². The maximum Gasteiger partial charge on any atom is 0.195 e. The van der Waals surface area contributed by atoms with Crippen molar-refractivity contribution in [2.45, 2.75) is 19.8 Å². The van der Waals surface area contributed by atoms with Crippen molar-refractivity contribution < 1.29 is 18.3 Å². The van der Waals surface area contributed by atoms with Crippen molar-refractivity contribution in [1.82, 2.24) is 0 Å². The minimum absolute atomic E-state index is 0.106. The zero-order valence-corrected chi connectivity index (χ0v) is 11.6. The summed E-state index contributed by atoms with van der Waals surface area (Å²) in [5.41, 5.74) is 1.49. The first-order chi connectivity index (χ1) is 10.1. The Balaban J connectivity index is 2.01. The number of carbonyl (C=O) groups is 1.